The molecule has 1 atom stereocenters. The Morgan fingerprint density at radius 3 is 2.74 bits per heavy atom. The van der Waals surface area contributed by atoms with E-state index in [1.54, 1.807) is 11.0 Å². The van der Waals surface area contributed by atoms with E-state index in [0.29, 0.717) is 41.8 Å². The molecule has 2 amide bonds. The highest BCUT2D eigenvalue weighted by atomic mass is 35.5. The maximum absolute atomic E-state index is 12.9. The van der Waals surface area contributed by atoms with E-state index in [1.807, 2.05) is 36.4 Å². The Bertz CT molecular complexity index is 944. The molecule has 1 unspecified atom stereocenters. The van der Waals surface area contributed by atoms with Gasteiger partial charge in [0.2, 0.25) is 0 Å². The Hall–Kier alpha value is -2.37. The molecule has 2 aromatic rings. The van der Waals surface area contributed by atoms with Crippen molar-refractivity contribution in [1.29, 1.82) is 0 Å². The lowest BCUT2D eigenvalue weighted by atomic mass is 10.0. The van der Waals surface area contributed by atoms with Gasteiger partial charge in [-0.15, -0.1) is 0 Å². The lowest BCUT2D eigenvalue weighted by Gasteiger charge is -2.33. The highest BCUT2D eigenvalue weighted by Crippen LogP contribution is 2.26. The van der Waals surface area contributed by atoms with Crippen molar-refractivity contribution in [1.82, 2.24) is 15.1 Å². The van der Waals surface area contributed by atoms with Gasteiger partial charge in [0.05, 0.1) is 0 Å². The summed E-state index contributed by atoms with van der Waals surface area (Å²) in [6.07, 6.45) is 4.80. The molecule has 0 radical (unpaired) electrons. The van der Waals surface area contributed by atoms with Crippen LogP contribution in [-0.2, 0) is 13.1 Å². The lowest BCUT2D eigenvalue weighted by Crippen LogP contribution is -2.39. The minimum absolute atomic E-state index is 0.0290. The molecule has 31 heavy (non-hydrogen) atoms. The fourth-order valence-electron chi connectivity index (χ4n) is 4.52. The SMILES string of the molecule is CC1CCCCN1CCCNC(=O)c1ccc2c(c1)C(=O)N(Cc1ccc(Cl)cc1)C2. The Balaban J connectivity index is 1.30. The van der Waals surface area contributed by atoms with Gasteiger partial charge >= 0.3 is 0 Å². The Kier molecular flexibility index (Phi) is 6.93. The molecule has 5 nitrogen and oxygen atoms in total. The number of halogens is 1. The van der Waals surface area contributed by atoms with Crippen LogP contribution < -0.4 is 5.32 Å². The number of rotatable bonds is 7. The molecule has 2 heterocycles. The Labute approximate surface area is 189 Å². The third kappa shape index (κ3) is 5.28. The largest absolute Gasteiger partial charge is 0.352 e. The van der Waals surface area contributed by atoms with Gasteiger partial charge in [0, 0.05) is 48.4 Å². The number of carbonyl (C=O) groups excluding carboxylic acids is 2. The van der Waals surface area contributed by atoms with Crippen LogP contribution in [0.1, 0.15) is 64.4 Å². The minimum atomic E-state index is -0.113. The number of likely N-dealkylation sites (tertiary alicyclic amines) is 1. The Morgan fingerprint density at radius 1 is 1.16 bits per heavy atom. The van der Waals surface area contributed by atoms with Gasteiger partial charge < -0.3 is 15.1 Å². The van der Waals surface area contributed by atoms with Gasteiger partial charge in [-0.2, -0.15) is 0 Å². The van der Waals surface area contributed by atoms with Crippen LogP contribution in [0.2, 0.25) is 5.02 Å². The number of fused-ring (bicyclic) bond motifs is 1. The van der Waals surface area contributed by atoms with Crippen LogP contribution in [-0.4, -0.2) is 47.3 Å². The smallest absolute Gasteiger partial charge is 0.254 e. The number of nitrogens with one attached hydrogen (secondary N) is 1. The molecule has 0 saturated carbocycles. The molecule has 0 aliphatic carbocycles. The zero-order valence-corrected chi connectivity index (χ0v) is 18.8. The Morgan fingerprint density at radius 2 is 1.97 bits per heavy atom. The maximum atomic E-state index is 12.9. The van der Waals surface area contributed by atoms with E-state index in [0.717, 1.165) is 30.6 Å². The summed E-state index contributed by atoms with van der Waals surface area (Å²) >= 11 is 5.95. The normalized spacial score (nSPS) is 18.8. The summed E-state index contributed by atoms with van der Waals surface area (Å²) in [5.41, 5.74) is 3.18. The van der Waals surface area contributed by atoms with Crippen LogP contribution in [0.4, 0.5) is 0 Å². The number of nitrogens with zero attached hydrogens (tertiary/aromatic N) is 2. The van der Waals surface area contributed by atoms with Gasteiger partial charge in [0.15, 0.2) is 0 Å². The highest BCUT2D eigenvalue weighted by molar-refractivity contribution is 6.30. The molecule has 4 rings (SSSR count). The van der Waals surface area contributed by atoms with E-state index in [2.05, 4.69) is 17.1 Å². The number of piperidine rings is 1. The topological polar surface area (TPSA) is 52.7 Å². The van der Waals surface area contributed by atoms with Crippen molar-refractivity contribution in [2.24, 2.45) is 0 Å². The molecule has 2 aliphatic heterocycles. The van der Waals surface area contributed by atoms with Crippen LogP contribution in [0.25, 0.3) is 0 Å². The number of benzene rings is 2. The van der Waals surface area contributed by atoms with Crippen molar-refractivity contribution < 1.29 is 9.59 Å². The van der Waals surface area contributed by atoms with Crippen molar-refractivity contribution >= 4 is 23.4 Å². The first kappa shape index (κ1) is 21.8. The summed E-state index contributed by atoms with van der Waals surface area (Å²) < 4.78 is 0. The predicted molar refractivity (Wildman–Crippen MR) is 123 cm³/mol. The second-order valence-corrected chi connectivity index (χ2v) is 9.09. The van der Waals surface area contributed by atoms with Gasteiger partial charge in [0.1, 0.15) is 0 Å². The molecule has 0 spiro atoms. The van der Waals surface area contributed by atoms with Gasteiger partial charge in [-0.05, 0) is 68.1 Å². The van der Waals surface area contributed by atoms with E-state index >= 15 is 0 Å². The molecular weight excluding hydrogens is 410 g/mol. The van der Waals surface area contributed by atoms with Crippen molar-refractivity contribution in [3.8, 4) is 0 Å². The second kappa shape index (κ2) is 9.84. The molecular formula is C25H30ClN3O2. The molecule has 2 aliphatic rings. The fourth-order valence-corrected chi connectivity index (χ4v) is 4.64. The first-order valence-corrected chi connectivity index (χ1v) is 11.6. The summed E-state index contributed by atoms with van der Waals surface area (Å²) in [6.45, 7) is 6.21. The summed E-state index contributed by atoms with van der Waals surface area (Å²) in [4.78, 5) is 29.8. The maximum Gasteiger partial charge on any atom is 0.254 e. The molecule has 0 aromatic heterocycles. The number of carbonyl (C=O) groups is 2. The van der Waals surface area contributed by atoms with Crippen molar-refractivity contribution in [2.45, 2.75) is 51.7 Å². The zero-order chi connectivity index (χ0) is 21.8. The first-order valence-electron chi connectivity index (χ1n) is 11.2. The van der Waals surface area contributed by atoms with Crippen LogP contribution in [0, 0.1) is 0 Å². The average molecular weight is 440 g/mol. The van der Waals surface area contributed by atoms with Gasteiger partial charge in [-0.1, -0.05) is 36.2 Å². The average Bonchev–Trinajstić information content (AvgIpc) is 3.08. The number of hydrogen-bond acceptors (Lipinski definition) is 3. The standard InChI is InChI=1S/C25H30ClN3O2/c1-18-5-2-3-13-28(18)14-4-12-27-24(30)20-8-9-21-17-29(25(31)23(21)15-20)16-19-6-10-22(26)11-7-19/h6-11,15,18H,2-5,12-14,16-17H2,1H3,(H,27,30). The molecule has 6 heteroatoms. The molecule has 1 saturated heterocycles. The van der Waals surface area contributed by atoms with Gasteiger partial charge in [-0.25, -0.2) is 0 Å². The van der Waals surface area contributed by atoms with E-state index in [9.17, 15) is 9.59 Å². The molecule has 0 bridgehead atoms. The molecule has 164 valence electrons. The highest BCUT2D eigenvalue weighted by Gasteiger charge is 2.28. The van der Waals surface area contributed by atoms with Crippen molar-refractivity contribution in [3.05, 3.63) is 69.7 Å². The monoisotopic (exact) mass is 439 g/mol. The van der Waals surface area contributed by atoms with Crippen molar-refractivity contribution in [2.75, 3.05) is 19.6 Å². The minimum Gasteiger partial charge on any atom is -0.352 e. The lowest BCUT2D eigenvalue weighted by molar-refractivity contribution is 0.0766. The number of amides is 2. The first-order chi connectivity index (χ1) is 15.0. The zero-order valence-electron chi connectivity index (χ0n) is 18.1. The van der Waals surface area contributed by atoms with Gasteiger partial charge in [0.25, 0.3) is 11.8 Å². The van der Waals surface area contributed by atoms with Crippen LogP contribution in [0.3, 0.4) is 0 Å². The second-order valence-electron chi connectivity index (χ2n) is 8.65. The molecule has 2 aromatic carbocycles. The summed E-state index contributed by atoms with van der Waals surface area (Å²) in [5.74, 6) is -0.142. The van der Waals surface area contributed by atoms with Crippen molar-refractivity contribution in [3.63, 3.8) is 0 Å². The molecule has 1 fully saturated rings. The van der Waals surface area contributed by atoms with E-state index in [-0.39, 0.29) is 11.8 Å². The summed E-state index contributed by atoms with van der Waals surface area (Å²) in [7, 11) is 0. The van der Waals surface area contributed by atoms with E-state index < -0.39 is 0 Å². The van der Waals surface area contributed by atoms with Crippen LogP contribution in [0.5, 0.6) is 0 Å². The van der Waals surface area contributed by atoms with E-state index in [1.165, 1.54) is 19.3 Å². The van der Waals surface area contributed by atoms with Crippen LogP contribution in [0.15, 0.2) is 42.5 Å². The quantitative estimate of drug-likeness (QED) is 0.646. The third-order valence-electron chi connectivity index (χ3n) is 6.39. The van der Waals surface area contributed by atoms with Gasteiger partial charge in [-0.3, -0.25) is 9.59 Å². The number of hydrogen-bond donors (Lipinski definition) is 1. The predicted octanol–water partition coefficient (Wildman–Crippen LogP) is 4.49. The van der Waals surface area contributed by atoms with Crippen LogP contribution >= 0.6 is 11.6 Å². The van der Waals surface area contributed by atoms with E-state index in [4.69, 9.17) is 11.6 Å². The summed E-state index contributed by atoms with van der Waals surface area (Å²) in [6, 6.07) is 13.6. The fraction of sp³-hybridized carbons (Fsp3) is 0.440. The summed E-state index contributed by atoms with van der Waals surface area (Å²) in [5, 5.41) is 3.69. The third-order valence-corrected chi connectivity index (χ3v) is 6.64. The molecule has 1 N–H and O–H groups in total.